The van der Waals surface area contributed by atoms with Gasteiger partial charge in [-0.2, -0.15) is 10.2 Å². The van der Waals surface area contributed by atoms with Crippen molar-refractivity contribution >= 4 is 23.3 Å². The van der Waals surface area contributed by atoms with Crippen molar-refractivity contribution in [1.82, 2.24) is 19.6 Å². The predicted octanol–water partition coefficient (Wildman–Crippen LogP) is 3.87. The van der Waals surface area contributed by atoms with Crippen molar-refractivity contribution in [2.45, 2.75) is 40.3 Å². The molecular formula is C19H21ClFN5O. The van der Waals surface area contributed by atoms with Gasteiger partial charge in [0.2, 0.25) is 5.91 Å². The second-order valence-corrected chi connectivity index (χ2v) is 6.80. The highest BCUT2D eigenvalue weighted by molar-refractivity contribution is 6.31. The van der Waals surface area contributed by atoms with E-state index in [1.54, 1.807) is 33.6 Å². The summed E-state index contributed by atoms with van der Waals surface area (Å²) in [4.78, 5) is 12.2. The maximum Gasteiger partial charge on any atom is 0.227 e. The lowest BCUT2D eigenvalue weighted by Gasteiger charge is -2.06. The Morgan fingerprint density at radius 1 is 1.19 bits per heavy atom. The summed E-state index contributed by atoms with van der Waals surface area (Å²) in [6.45, 7) is 6.30. The Bertz CT molecular complexity index is 979. The normalized spacial score (nSPS) is 11.0. The number of carbonyl (C=O) groups is 1. The summed E-state index contributed by atoms with van der Waals surface area (Å²) in [6, 6.07) is 8.33. The molecule has 6 nitrogen and oxygen atoms in total. The van der Waals surface area contributed by atoms with Crippen LogP contribution in [0, 0.1) is 26.6 Å². The number of hydrogen-bond donors (Lipinski definition) is 1. The van der Waals surface area contributed by atoms with Crippen LogP contribution >= 0.6 is 11.6 Å². The lowest BCUT2D eigenvalue weighted by molar-refractivity contribution is -0.116. The number of halogens is 2. The van der Waals surface area contributed by atoms with Crippen LogP contribution in [0.5, 0.6) is 0 Å². The molecule has 142 valence electrons. The van der Waals surface area contributed by atoms with Gasteiger partial charge in [0.05, 0.1) is 29.5 Å². The molecule has 0 saturated carbocycles. The minimum Gasteiger partial charge on any atom is -0.309 e. The number of amides is 1. The minimum atomic E-state index is -0.276. The Balaban J connectivity index is 1.61. The van der Waals surface area contributed by atoms with Gasteiger partial charge in [-0.05, 0) is 26.8 Å². The molecule has 0 atom stereocenters. The zero-order valence-corrected chi connectivity index (χ0v) is 16.2. The Hall–Kier alpha value is -2.67. The van der Waals surface area contributed by atoms with E-state index in [0.29, 0.717) is 29.5 Å². The van der Waals surface area contributed by atoms with E-state index in [4.69, 9.17) is 11.6 Å². The smallest absolute Gasteiger partial charge is 0.227 e. The first-order valence-electron chi connectivity index (χ1n) is 8.62. The number of nitrogens with zero attached hydrogens (tertiary/aromatic N) is 4. The topological polar surface area (TPSA) is 64.7 Å². The number of aromatic nitrogens is 4. The quantitative estimate of drug-likeness (QED) is 0.695. The van der Waals surface area contributed by atoms with Crippen molar-refractivity contribution in [2.75, 3.05) is 5.32 Å². The molecule has 1 amide bonds. The average Bonchev–Trinajstić information content (AvgIpc) is 3.09. The highest BCUT2D eigenvalue weighted by Gasteiger charge is 2.13. The highest BCUT2D eigenvalue weighted by atomic mass is 35.5. The van der Waals surface area contributed by atoms with Gasteiger partial charge in [-0.15, -0.1) is 0 Å². The molecule has 0 spiro atoms. The first-order chi connectivity index (χ1) is 12.8. The third kappa shape index (κ3) is 4.36. The number of benzene rings is 1. The Morgan fingerprint density at radius 3 is 2.59 bits per heavy atom. The van der Waals surface area contributed by atoms with Gasteiger partial charge < -0.3 is 5.32 Å². The van der Waals surface area contributed by atoms with Crippen LogP contribution < -0.4 is 5.32 Å². The maximum atomic E-state index is 13.8. The van der Waals surface area contributed by atoms with Gasteiger partial charge >= 0.3 is 0 Å². The summed E-state index contributed by atoms with van der Waals surface area (Å²) in [5, 5.41) is 12.1. The molecule has 0 saturated heterocycles. The van der Waals surface area contributed by atoms with Gasteiger partial charge in [-0.25, -0.2) is 4.39 Å². The van der Waals surface area contributed by atoms with Crippen molar-refractivity contribution in [3.63, 3.8) is 0 Å². The monoisotopic (exact) mass is 389 g/mol. The fourth-order valence-electron chi connectivity index (χ4n) is 2.82. The molecule has 0 aliphatic rings. The molecule has 2 heterocycles. The fourth-order valence-corrected chi connectivity index (χ4v) is 2.96. The van der Waals surface area contributed by atoms with E-state index in [-0.39, 0.29) is 18.1 Å². The van der Waals surface area contributed by atoms with Gasteiger partial charge in [0.15, 0.2) is 5.82 Å². The highest BCUT2D eigenvalue weighted by Crippen LogP contribution is 2.19. The van der Waals surface area contributed by atoms with Crippen LogP contribution in [0.3, 0.4) is 0 Å². The zero-order valence-electron chi connectivity index (χ0n) is 15.5. The molecule has 0 unspecified atom stereocenters. The van der Waals surface area contributed by atoms with E-state index in [2.05, 4.69) is 15.5 Å². The predicted molar refractivity (Wildman–Crippen MR) is 102 cm³/mol. The van der Waals surface area contributed by atoms with Crippen molar-refractivity contribution in [3.8, 4) is 0 Å². The molecular weight excluding hydrogens is 369 g/mol. The lowest BCUT2D eigenvalue weighted by atomic mass is 10.2. The molecule has 0 fully saturated rings. The third-order valence-corrected chi connectivity index (χ3v) is 4.92. The number of rotatable bonds is 6. The van der Waals surface area contributed by atoms with E-state index in [0.717, 1.165) is 17.1 Å². The van der Waals surface area contributed by atoms with E-state index >= 15 is 0 Å². The first-order valence-corrected chi connectivity index (χ1v) is 9.00. The summed E-state index contributed by atoms with van der Waals surface area (Å²) >= 11 is 6.12. The van der Waals surface area contributed by atoms with Crippen molar-refractivity contribution in [1.29, 1.82) is 0 Å². The number of carbonyl (C=O) groups excluding carboxylic acids is 1. The lowest BCUT2D eigenvalue weighted by Crippen LogP contribution is -2.16. The second kappa shape index (κ2) is 7.92. The Morgan fingerprint density at radius 2 is 1.93 bits per heavy atom. The molecule has 2 aromatic heterocycles. The first kappa shape index (κ1) is 19.1. The third-order valence-electron chi connectivity index (χ3n) is 4.37. The van der Waals surface area contributed by atoms with Crippen LogP contribution in [0.4, 0.5) is 10.2 Å². The molecule has 0 bridgehead atoms. The summed E-state index contributed by atoms with van der Waals surface area (Å²) in [6.07, 6.45) is 0.248. The molecule has 0 aliphatic heterocycles. The average molecular weight is 390 g/mol. The standard InChI is InChI=1S/C19H21ClFN5O/c1-12-10-17(24-26(12)11-15-6-4-5-7-16(15)21)22-18(27)8-9-25-14(3)19(20)13(2)23-25/h4-7,10H,8-9,11H2,1-3H3,(H,22,24,27). The molecule has 1 aromatic carbocycles. The van der Waals surface area contributed by atoms with Gasteiger partial charge in [-0.3, -0.25) is 14.2 Å². The zero-order chi connectivity index (χ0) is 19.6. The van der Waals surface area contributed by atoms with E-state index in [1.807, 2.05) is 20.8 Å². The van der Waals surface area contributed by atoms with Gasteiger partial charge in [-0.1, -0.05) is 29.8 Å². The van der Waals surface area contributed by atoms with Gasteiger partial charge in [0.25, 0.3) is 0 Å². The Kier molecular flexibility index (Phi) is 5.60. The maximum absolute atomic E-state index is 13.8. The van der Waals surface area contributed by atoms with E-state index in [9.17, 15) is 9.18 Å². The van der Waals surface area contributed by atoms with Crippen LogP contribution in [0.25, 0.3) is 0 Å². The fraction of sp³-hybridized carbons (Fsp3) is 0.316. The van der Waals surface area contributed by atoms with Crippen LogP contribution in [0.1, 0.15) is 29.1 Å². The van der Waals surface area contributed by atoms with E-state index < -0.39 is 0 Å². The second-order valence-electron chi connectivity index (χ2n) is 6.43. The summed E-state index contributed by atoms with van der Waals surface area (Å²) in [5.74, 6) is -0.00371. The number of nitrogens with one attached hydrogen (secondary N) is 1. The SMILES string of the molecule is Cc1nn(CCC(=O)Nc2cc(C)n(Cc3ccccc3F)n2)c(C)c1Cl. The summed E-state index contributed by atoms with van der Waals surface area (Å²) < 4.78 is 17.2. The Labute approximate surface area is 161 Å². The largest absolute Gasteiger partial charge is 0.309 e. The van der Waals surface area contributed by atoms with Crippen LogP contribution in [0.15, 0.2) is 30.3 Å². The van der Waals surface area contributed by atoms with E-state index in [1.165, 1.54) is 6.07 Å². The van der Waals surface area contributed by atoms with Crippen molar-refractivity contribution < 1.29 is 9.18 Å². The molecule has 1 N–H and O–H groups in total. The molecule has 8 heteroatoms. The molecule has 0 aliphatic carbocycles. The molecule has 27 heavy (non-hydrogen) atoms. The van der Waals surface area contributed by atoms with Crippen LogP contribution in [-0.4, -0.2) is 25.5 Å². The molecule has 0 radical (unpaired) electrons. The van der Waals surface area contributed by atoms with Crippen LogP contribution in [-0.2, 0) is 17.9 Å². The minimum absolute atomic E-state index is 0.172. The van der Waals surface area contributed by atoms with Crippen molar-refractivity contribution in [2.24, 2.45) is 0 Å². The molecule has 3 aromatic rings. The number of hydrogen-bond acceptors (Lipinski definition) is 3. The summed E-state index contributed by atoms with van der Waals surface area (Å²) in [5.41, 5.74) is 2.96. The molecule has 3 rings (SSSR count). The number of anilines is 1. The van der Waals surface area contributed by atoms with Gasteiger partial charge in [0, 0.05) is 23.7 Å². The summed E-state index contributed by atoms with van der Waals surface area (Å²) in [7, 11) is 0. The van der Waals surface area contributed by atoms with Crippen molar-refractivity contribution in [3.05, 3.63) is 63.8 Å². The van der Waals surface area contributed by atoms with Gasteiger partial charge in [0.1, 0.15) is 5.82 Å². The number of aryl methyl sites for hydroxylation is 3. The van der Waals surface area contributed by atoms with Crippen LogP contribution in [0.2, 0.25) is 5.02 Å².